The Morgan fingerprint density at radius 1 is 1.36 bits per heavy atom. The molecule has 0 aliphatic heterocycles. The Labute approximate surface area is 150 Å². The van der Waals surface area contributed by atoms with Crippen molar-refractivity contribution >= 4 is 16.1 Å². The average Bonchev–Trinajstić information content (AvgIpc) is 2.52. The van der Waals surface area contributed by atoms with Crippen molar-refractivity contribution in [2.45, 2.75) is 38.2 Å². The van der Waals surface area contributed by atoms with E-state index in [9.17, 15) is 13.2 Å². The van der Waals surface area contributed by atoms with Crippen LogP contribution in [0.4, 0.5) is 4.79 Å². The van der Waals surface area contributed by atoms with Gasteiger partial charge in [-0.05, 0) is 39.0 Å². The van der Waals surface area contributed by atoms with Crippen LogP contribution in [0.2, 0.25) is 0 Å². The standard InChI is InChI=1S/C19H25NO4S/c1-7-9-16(4)19(5,6)24-18(21)20(14-8-2)25(22,23)17-12-10-15(3)11-13-17/h8-13,16H,1-2,14H2,3-6H3. The molecule has 0 aliphatic carbocycles. The number of carbonyl (C=O) groups excluding carboxylic acids is 1. The van der Waals surface area contributed by atoms with Gasteiger partial charge in [0.2, 0.25) is 0 Å². The molecule has 1 aromatic carbocycles. The summed E-state index contributed by atoms with van der Waals surface area (Å²) < 4.78 is 31.7. The van der Waals surface area contributed by atoms with E-state index < -0.39 is 21.7 Å². The van der Waals surface area contributed by atoms with Crippen LogP contribution in [0.3, 0.4) is 0 Å². The summed E-state index contributed by atoms with van der Waals surface area (Å²) in [6.07, 6.45) is 2.06. The maximum Gasteiger partial charge on any atom is 0.424 e. The van der Waals surface area contributed by atoms with Crippen molar-refractivity contribution in [3.63, 3.8) is 0 Å². The van der Waals surface area contributed by atoms with Gasteiger partial charge in [0.05, 0.1) is 11.4 Å². The number of hydrogen-bond donors (Lipinski definition) is 0. The molecule has 5 nitrogen and oxygen atoms in total. The minimum Gasteiger partial charge on any atom is -0.442 e. The predicted molar refractivity (Wildman–Crippen MR) is 98.7 cm³/mol. The SMILES string of the molecule is C=C=CC(C)C(C)(C)OC(=O)N(CC=C)S(=O)(=O)c1ccc(C)cc1. The molecule has 6 heteroatoms. The van der Waals surface area contributed by atoms with Gasteiger partial charge < -0.3 is 4.74 Å². The second-order valence-electron chi connectivity index (χ2n) is 6.27. The molecule has 0 fully saturated rings. The van der Waals surface area contributed by atoms with Crippen LogP contribution in [0.5, 0.6) is 0 Å². The first kappa shape index (κ1) is 20.7. The molecule has 0 saturated carbocycles. The van der Waals surface area contributed by atoms with Crippen LogP contribution >= 0.6 is 0 Å². The maximum atomic E-state index is 12.8. The fraction of sp³-hybridized carbons (Fsp3) is 0.368. The van der Waals surface area contributed by atoms with Gasteiger partial charge in [-0.15, -0.1) is 12.3 Å². The Morgan fingerprint density at radius 2 is 1.92 bits per heavy atom. The molecule has 136 valence electrons. The molecule has 0 bridgehead atoms. The quantitative estimate of drug-likeness (QED) is 0.541. The molecule has 0 radical (unpaired) electrons. The average molecular weight is 363 g/mol. The lowest BCUT2D eigenvalue weighted by atomic mass is 9.93. The molecule has 0 spiro atoms. The highest BCUT2D eigenvalue weighted by atomic mass is 32.2. The summed E-state index contributed by atoms with van der Waals surface area (Å²) in [5.41, 5.74) is 2.64. The minimum absolute atomic E-state index is 0.0220. The van der Waals surface area contributed by atoms with E-state index in [2.05, 4.69) is 18.9 Å². The van der Waals surface area contributed by atoms with Crippen LogP contribution in [0, 0.1) is 12.8 Å². The number of hydrogen-bond acceptors (Lipinski definition) is 4. The molecular weight excluding hydrogens is 338 g/mol. The molecule has 1 unspecified atom stereocenters. The number of sulfonamides is 1. The van der Waals surface area contributed by atoms with Gasteiger partial charge in [0, 0.05) is 5.92 Å². The van der Waals surface area contributed by atoms with E-state index in [4.69, 9.17) is 4.74 Å². The molecular formula is C19H25NO4S. The lowest BCUT2D eigenvalue weighted by Crippen LogP contribution is -2.43. The first-order valence-electron chi connectivity index (χ1n) is 7.85. The Hall–Kier alpha value is -2.30. The largest absolute Gasteiger partial charge is 0.442 e. The summed E-state index contributed by atoms with van der Waals surface area (Å²) >= 11 is 0. The first-order valence-corrected chi connectivity index (χ1v) is 9.29. The van der Waals surface area contributed by atoms with Crippen molar-refractivity contribution in [2.75, 3.05) is 6.54 Å². The van der Waals surface area contributed by atoms with Gasteiger partial charge in [0.1, 0.15) is 5.60 Å². The zero-order chi connectivity index (χ0) is 19.3. The number of amides is 1. The van der Waals surface area contributed by atoms with Gasteiger partial charge in [-0.25, -0.2) is 13.2 Å². The molecule has 0 aliphatic rings. The number of rotatable bonds is 7. The first-order chi connectivity index (χ1) is 11.6. The van der Waals surface area contributed by atoms with Crippen LogP contribution in [0.1, 0.15) is 26.3 Å². The van der Waals surface area contributed by atoms with Crippen LogP contribution in [-0.4, -0.2) is 31.0 Å². The summed E-state index contributed by atoms with van der Waals surface area (Å²) in [7, 11) is -4.04. The molecule has 1 amide bonds. The van der Waals surface area contributed by atoms with E-state index in [1.165, 1.54) is 18.2 Å². The highest BCUT2D eigenvalue weighted by molar-refractivity contribution is 7.89. The van der Waals surface area contributed by atoms with E-state index in [0.717, 1.165) is 5.56 Å². The summed E-state index contributed by atoms with van der Waals surface area (Å²) in [6.45, 7) is 13.9. The third kappa shape index (κ3) is 5.08. The Morgan fingerprint density at radius 3 is 2.40 bits per heavy atom. The van der Waals surface area contributed by atoms with Gasteiger partial charge in [-0.3, -0.25) is 0 Å². The molecule has 1 rings (SSSR count). The summed E-state index contributed by atoms with van der Waals surface area (Å²) in [5, 5.41) is 0. The van der Waals surface area contributed by atoms with Crippen molar-refractivity contribution < 1.29 is 17.9 Å². The van der Waals surface area contributed by atoms with E-state index in [0.29, 0.717) is 4.31 Å². The monoisotopic (exact) mass is 363 g/mol. The van der Waals surface area contributed by atoms with E-state index in [1.54, 1.807) is 32.1 Å². The number of nitrogens with zero attached hydrogens (tertiary/aromatic N) is 1. The van der Waals surface area contributed by atoms with Gasteiger partial charge >= 0.3 is 6.09 Å². The maximum absolute atomic E-state index is 12.8. The lowest BCUT2D eigenvalue weighted by molar-refractivity contribution is 0.00393. The molecule has 0 heterocycles. The summed E-state index contributed by atoms with van der Waals surface area (Å²) in [6, 6.07) is 6.26. The zero-order valence-corrected chi connectivity index (χ0v) is 16.0. The molecule has 1 atom stereocenters. The Bertz CT molecular complexity index is 772. The smallest absolute Gasteiger partial charge is 0.424 e. The summed E-state index contributed by atoms with van der Waals surface area (Å²) in [4.78, 5) is 12.6. The number of benzene rings is 1. The highest BCUT2D eigenvalue weighted by Crippen LogP contribution is 2.25. The molecule has 0 N–H and O–H groups in total. The van der Waals surface area contributed by atoms with Crippen molar-refractivity contribution in [1.29, 1.82) is 0 Å². The molecule has 0 aromatic heterocycles. The van der Waals surface area contributed by atoms with Gasteiger partial charge in [0.25, 0.3) is 10.0 Å². The fourth-order valence-electron chi connectivity index (χ4n) is 1.97. The van der Waals surface area contributed by atoms with Crippen molar-refractivity contribution in [3.05, 3.63) is 60.9 Å². The van der Waals surface area contributed by atoms with E-state index in [-0.39, 0.29) is 17.4 Å². The molecule has 0 saturated heterocycles. The number of carbonyl (C=O) groups is 1. The highest BCUT2D eigenvalue weighted by Gasteiger charge is 2.35. The third-order valence-electron chi connectivity index (χ3n) is 3.92. The van der Waals surface area contributed by atoms with E-state index in [1.807, 2.05) is 13.8 Å². The van der Waals surface area contributed by atoms with Gasteiger partial charge in [-0.2, -0.15) is 4.31 Å². The Kier molecular flexibility index (Phi) is 6.79. The van der Waals surface area contributed by atoms with Crippen LogP contribution in [-0.2, 0) is 14.8 Å². The summed E-state index contributed by atoms with van der Waals surface area (Å²) in [5.74, 6) is -0.193. The van der Waals surface area contributed by atoms with Gasteiger partial charge in [0.15, 0.2) is 0 Å². The van der Waals surface area contributed by atoms with Crippen LogP contribution in [0.15, 0.2) is 60.2 Å². The zero-order valence-electron chi connectivity index (χ0n) is 15.2. The third-order valence-corrected chi connectivity index (χ3v) is 5.67. The van der Waals surface area contributed by atoms with Crippen molar-refractivity contribution in [3.8, 4) is 0 Å². The van der Waals surface area contributed by atoms with E-state index >= 15 is 0 Å². The normalized spacial score (nSPS) is 12.6. The lowest BCUT2D eigenvalue weighted by Gasteiger charge is -2.32. The second-order valence-corrected chi connectivity index (χ2v) is 8.13. The molecule has 25 heavy (non-hydrogen) atoms. The number of aryl methyl sites for hydroxylation is 1. The molecule has 1 aromatic rings. The van der Waals surface area contributed by atoms with Crippen molar-refractivity contribution in [1.82, 2.24) is 4.31 Å². The van der Waals surface area contributed by atoms with Crippen LogP contribution in [0.25, 0.3) is 0 Å². The predicted octanol–water partition coefficient (Wildman–Crippen LogP) is 4.06. The van der Waals surface area contributed by atoms with Gasteiger partial charge in [-0.1, -0.05) is 37.3 Å². The minimum atomic E-state index is -4.04. The van der Waals surface area contributed by atoms with Crippen LogP contribution < -0.4 is 0 Å². The Balaban J connectivity index is 3.17. The topological polar surface area (TPSA) is 63.7 Å². The van der Waals surface area contributed by atoms with Crippen molar-refractivity contribution in [2.24, 2.45) is 5.92 Å². The second kappa shape index (κ2) is 8.19. The number of ether oxygens (including phenoxy) is 1. The fourth-order valence-corrected chi connectivity index (χ4v) is 3.24.